The largest absolute Gasteiger partial charge is 0.461 e. The lowest BCUT2D eigenvalue weighted by Gasteiger charge is -2.57. The van der Waals surface area contributed by atoms with Crippen molar-refractivity contribution in [1.29, 1.82) is 0 Å². The molecule has 4 saturated carbocycles. The summed E-state index contributed by atoms with van der Waals surface area (Å²) in [5, 5.41) is 7.01. The van der Waals surface area contributed by atoms with Crippen LogP contribution in [0.5, 0.6) is 0 Å². The number of carbonyl (C=O) groups is 1. The second-order valence-electron chi connectivity index (χ2n) is 9.01. The summed E-state index contributed by atoms with van der Waals surface area (Å²) in [6.07, 6.45) is 12.1. The SMILES string of the molecule is O=C(CCc1nc(-c2ccco2)no1)NCCC12CC3CC(CC(C3)C1)C2. The molecule has 0 radical (unpaired) electrons. The Morgan fingerprint density at radius 1 is 1.19 bits per heavy atom. The van der Waals surface area contributed by atoms with E-state index < -0.39 is 0 Å². The molecule has 0 saturated heterocycles. The Kier molecular flexibility index (Phi) is 4.29. The Labute approximate surface area is 159 Å². The predicted octanol–water partition coefficient (Wildman–Crippen LogP) is 3.98. The molecule has 1 amide bonds. The molecular formula is C21H27N3O3. The first kappa shape index (κ1) is 17.0. The number of rotatable bonds is 7. The van der Waals surface area contributed by atoms with Gasteiger partial charge in [-0.2, -0.15) is 4.98 Å². The number of furan rings is 1. The van der Waals surface area contributed by atoms with E-state index in [-0.39, 0.29) is 5.91 Å². The van der Waals surface area contributed by atoms with Crippen molar-refractivity contribution in [2.45, 2.75) is 57.8 Å². The fourth-order valence-electron chi connectivity index (χ4n) is 6.23. The summed E-state index contributed by atoms with van der Waals surface area (Å²) in [6.45, 7) is 0.798. The van der Waals surface area contributed by atoms with Crippen LogP contribution in [0.2, 0.25) is 0 Å². The van der Waals surface area contributed by atoms with E-state index in [9.17, 15) is 4.79 Å². The fourth-order valence-corrected chi connectivity index (χ4v) is 6.23. The average molecular weight is 369 g/mol. The lowest BCUT2D eigenvalue weighted by atomic mass is 9.49. The van der Waals surface area contributed by atoms with E-state index in [2.05, 4.69) is 15.5 Å². The van der Waals surface area contributed by atoms with Crippen molar-refractivity contribution in [2.75, 3.05) is 6.54 Å². The fraction of sp³-hybridized carbons (Fsp3) is 0.667. The van der Waals surface area contributed by atoms with Gasteiger partial charge >= 0.3 is 0 Å². The molecule has 0 atom stereocenters. The number of nitrogens with zero attached hydrogens (tertiary/aromatic N) is 2. The zero-order valence-electron chi connectivity index (χ0n) is 15.7. The van der Waals surface area contributed by atoms with Gasteiger partial charge in [0.2, 0.25) is 17.6 Å². The van der Waals surface area contributed by atoms with Crippen molar-refractivity contribution in [3.05, 3.63) is 24.3 Å². The van der Waals surface area contributed by atoms with E-state index in [1.807, 2.05) is 0 Å². The molecule has 4 aliphatic carbocycles. The zero-order valence-corrected chi connectivity index (χ0v) is 15.7. The third-order valence-electron chi connectivity index (χ3n) is 6.92. The van der Waals surface area contributed by atoms with Gasteiger partial charge in [0.1, 0.15) is 0 Å². The van der Waals surface area contributed by atoms with Gasteiger partial charge in [-0.1, -0.05) is 5.16 Å². The van der Waals surface area contributed by atoms with Crippen LogP contribution in [0, 0.1) is 23.2 Å². The van der Waals surface area contributed by atoms with Crippen molar-refractivity contribution in [1.82, 2.24) is 15.5 Å². The van der Waals surface area contributed by atoms with Crippen LogP contribution in [0.1, 0.15) is 57.3 Å². The van der Waals surface area contributed by atoms with Crippen molar-refractivity contribution >= 4 is 5.91 Å². The van der Waals surface area contributed by atoms with Crippen molar-refractivity contribution in [2.24, 2.45) is 23.2 Å². The molecule has 0 unspecified atom stereocenters. The molecule has 6 rings (SSSR count). The molecule has 0 spiro atoms. The predicted molar refractivity (Wildman–Crippen MR) is 98.6 cm³/mol. The molecule has 6 heteroatoms. The summed E-state index contributed by atoms with van der Waals surface area (Å²) in [5.74, 6) is 4.44. The van der Waals surface area contributed by atoms with Gasteiger partial charge in [-0.05, 0) is 80.2 Å². The Balaban J connectivity index is 1.07. The number of aromatic nitrogens is 2. The van der Waals surface area contributed by atoms with Gasteiger partial charge in [0.15, 0.2) is 5.76 Å². The van der Waals surface area contributed by atoms with E-state index >= 15 is 0 Å². The molecular weight excluding hydrogens is 342 g/mol. The van der Waals surface area contributed by atoms with Gasteiger partial charge < -0.3 is 14.3 Å². The first-order chi connectivity index (χ1) is 13.2. The maximum atomic E-state index is 12.2. The van der Waals surface area contributed by atoms with E-state index in [4.69, 9.17) is 8.94 Å². The second-order valence-corrected chi connectivity index (χ2v) is 9.01. The molecule has 6 nitrogen and oxygen atoms in total. The van der Waals surface area contributed by atoms with Crippen LogP contribution in [0.3, 0.4) is 0 Å². The molecule has 27 heavy (non-hydrogen) atoms. The molecule has 144 valence electrons. The van der Waals surface area contributed by atoms with Gasteiger partial charge in [0, 0.05) is 19.4 Å². The minimum Gasteiger partial charge on any atom is -0.461 e. The standard InChI is InChI=1S/C21H27N3O3/c25-18(3-4-19-23-20(24-27-19)17-2-1-7-26-17)22-6-5-21-11-14-8-15(12-21)10-16(9-14)13-21/h1-2,7,14-16H,3-6,8-13H2,(H,22,25). The first-order valence-electron chi connectivity index (χ1n) is 10.3. The van der Waals surface area contributed by atoms with E-state index in [0.717, 1.165) is 30.7 Å². The van der Waals surface area contributed by atoms with Crippen LogP contribution >= 0.6 is 0 Å². The first-order valence-corrected chi connectivity index (χ1v) is 10.3. The van der Waals surface area contributed by atoms with Crippen LogP contribution in [-0.4, -0.2) is 22.6 Å². The van der Waals surface area contributed by atoms with E-state index in [1.165, 1.54) is 38.5 Å². The minimum absolute atomic E-state index is 0.0671. The van der Waals surface area contributed by atoms with Gasteiger partial charge in [-0.3, -0.25) is 4.79 Å². The van der Waals surface area contributed by atoms with Gasteiger partial charge in [0.05, 0.1) is 6.26 Å². The topological polar surface area (TPSA) is 81.2 Å². The summed E-state index contributed by atoms with van der Waals surface area (Å²) < 4.78 is 10.5. The normalized spacial score (nSPS) is 31.3. The van der Waals surface area contributed by atoms with Crippen LogP contribution in [0.15, 0.2) is 27.3 Å². The zero-order chi connectivity index (χ0) is 18.3. The Bertz CT molecular complexity index is 760. The van der Waals surface area contributed by atoms with Crippen LogP contribution in [0.25, 0.3) is 11.6 Å². The average Bonchev–Trinajstić information content (AvgIpc) is 3.30. The Morgan fingerprint density at radius 3 is 2.59 bits per heavy atom. The van der Waals surface area contributed by atoms with Crippen molar-refractivity contribution < 1.29 is 13.7 Å². The smallest absolute Gasteiger partial charge is 0.238 e. The highest BCUT2D eigenvalue weighted by molar-refractivity contribution is 5.75. The number of nitrogens with one attached hydrogen (secondary N) is 1. The second kappa shape index (κ2) is 6.80. The molecule has 0 aromatic carbocycles. The summed E-state index contributed by atoms with van der Waals surface area (Å²) in [5.41, 5.74) is 0.520. The molecule has 4 fully saturated rings. The highest BCUT2D eigenvalue weighted by Crippen LogP contribution is 2.61. The molecule has 4 aliphatic rings. The molecule has 2 aromatic heterocycles. The minimum atomic E-state index is 0.0671. The van der Waals surface area contributed by atoms with Gasteiger partial charge in [-0.15, -0.1) is 0 Å². The molecule has 1 N–H and O–H groups in total. The summed E-state index contributed by atoms with van der Waals surface area (Å²) in [6, 6.07) is 3.56. The number of amides is 1. The number of aryl methyl sites for hydroxylation is 1. The highest BCUT2D eigenvalue weighted by atomic mass is 16.5. The lowest BCUT2D eigenvalue weighted by molar-refractivity contribution is -0.121. The van der Waals surface area contributed by atoms with Crippen molar-refractivity contribution in [3.63, 3.8) is 0 Å². The lowest BCUT2D eigenvalue weighted by Crippen LogP contribution is -2.47. The highest BCUT2D eigenvalue weighted by Gasteiger charge is 2.50. The van der Waals surface area contributed by atoms with Crippen LogP contribution in [-0.2, 0) is 11.2 Å². The van der Waals surface area contributed by atoms with Crippen molar-refractivity contribution in [3.8, 4) is 11.6 Å². The monoisotopic (exact) mass is 369 g/mol. The third-order valence-corrected chi connectivity index (χ3v) is 6.92. The molecule has 4 bridgehead atoms. The maximum absolute atomic E-state index is 12.2. The maximum Gasteiger partial charge on any atom is 0.238 e. The summed E-state index contributed by atoms with van der Waals surface area (Å²) in [7, 11) is 0. The van der Waals surface area contributed by atoms with Crippen LogP contribution in [0.4, 0.5) is 0 Å². The number of hydrogen-bond acceptors (Lipinski definition) is 5. The van der Waals surface area contributed by atoms with E-state index in [0.29, 0.717) is 35.7 Å². The third kappa shape index (κ3) is 3.54. The van der Waals surface area contributed by atoms with Crippen LogP contribution < -0.4 is 5.32 Å². The Morgan fingerprint density at radius 2 is 1.93 bits per heavy atom. The van der Waals surface area contributed by atoms with Gasteiger partial charge in [0.25, 0.3) is 0 Å². The molecule has 2 heterocycles. The molecule has 2 aromatic rings. The Hall–Kier alpha value is -2.11. The summed E-state index contributed by atoms with van der Waals surface area (Å²) >= 11 is 0. The van der Waals surface area contributed by atoms with Gasteiger partial charge in [-0.25, -0.2) is 0 Å². The summed E-state index contributed by atoms with van der Waals surface area (Å²) in [4.78, 5) is 16.5. The molecule has 0 aliphatic heterocycles. The number of carbonyl (C=O) groups excluding carboxylic acids is 1. The van der Waals surface area contributed by atoms with E-state index in [1.54, 1.807) is 18.4 Å². The quantitative estimate of drug-likeness (QED) is 0.798. The number of hydrogen-bond donors (Lipinski definition) is 1.